The molecule has 3 amide bonds. The van der Waals surface area contributed by atoms with Crippen molar-refractivity contribution in [1.29, 1.82) is 0 Å². The molecule has 3 rings (SSSR count). The van der Waals surface area contributed by atoms with Crippen LogP contribution in [-0.4, -0.2) is 58.5 Å². The molecule has 7 N–H and O–H groups in total. The smallest absolute Gasteiger partial charge is 0.305 e. The predicted molar refractivity (Wildman–Crippen MR) is 113 cm³/mol. The summed E-state index contributed by atoms with van der Waals surface area (Å²) in [5, 5.41) is 17.9. The monoisotopic (exact) mass is 429 g/mol. The first kappa shape index (κ1) is 22.3. The number of hydrogen-bond acceptors (Lipinski definition) is 5. The van der Waals surface area contributed by atoms with Gasteiger partial charge in [0.05, 0.1) is 12.5 Å². The second-order valence-corrected chi connectivity index (χ2v) is 7.68. The number of benzene rings is 1. The van der Waals surface area contributed by atoms with Gasteiger partial charge in [-0.2, -0.15) is 0 Å². The van der Waals surface area contributed by atoms with E-state index >= 15 is 0 Å². The van der Waals surface area contributed by atoms with Gasteiger partial charge >= 0.3 is 5.97 Å². The molecule has 1 aliphatic heterocycles. The molecule has 0 saturated carbocycles. The number of hydrogen-bond donors (Lipinski definition) is 6. The molecule has 1 saturated heterocycles. The third kappa shape index (κ3) is 5.82. The molecule has 0 radical (unpaired) electrons. The van der Waals surface area contributed by atoms with Crippen molar-refractivity contribution >= 4 is 34.6 Å². The molecule has 2 heterocycles. The van der Waals surface area contributed by atoms with Gasteiger partial charge < -0.3 is 31.8 Å². The number of para-hydroxylation sites is 1. The number of fused-ring (bicyclic) bond motifs is 1. The molecule has 0 bridgehead atoms. The molecule has 0 spiro atoms. The van der Waals surface area contributed by atoms with Gasteiger partial charge in [-0.25, -0.2) is 0 Å². The van der Waals surface area contributed by atoms with Crippen LogP contribution in [0.3, 0.4) is 0 Å². The van der Waals surface area contributed by atoms with Crippen molar-refractivity contribution < 1.29 is 24.3 Å². The minimum atomic E-state index is -1.25. The highest BCUT2D eigenvalue weighted by atomic mass is 16.4. The molecular formula is C21H27N5O5. The van der Waals surface area contributed by atoms with Gasteiger partial charge in [-0.05, 0) is 30.9 Å². The van der Waals surface area contributed by atoms with Crippen LogP contribution in [0, 0.1) is 0 Å². The van der Waals surface area contributed by atoms with Gasteiger partial charge in [0.2, 0.25) is 17.7 Å². The van der Waals surface area contributed by atoms with E-state index in [1.54, 1.807) is 6.20 Å². The number of aromatic amines is 1. The highest BCUT2D eigenvalue weighted by Gasteiger charge is 2.30. The van der Waals surface area contributed by atoms with Crippen molar-refractivity contribution in [3.8, 4) is 0 Å². The molecular weight excluding hydrogens is 402 g/mol. The fourth-order valence-electron chi connectivity index (χ4n) is 3.62. The van der Waals surface area contributed by atoms with Crippen molar-refractivity contribution in [2.75, 3.05) is 6.54 Å². The molecule has 10 heteroatoms. The topological polar surface area (TPSA) is 166 Å². The van der Waals surface area contributed by atoms with Crippen molar-refractivity contribution in [2.24, 2.45) is 5.73 Å². The standard InChI is InChI=1S/C21H27N5O5/c22-14-6-3-4-8-23-20(30)17(10-18(27)28)26-21(31)16(25-19(14)29)9-12-11-24-15-7-2-1-5-13(12)15/h1-2,5,7,11,14,16-17,24H,3-4,6,8-10,22H2,(H,23,30)(H,25,29)(H,26,31)(H,27,28)/t14-,16-,17+/m1/s1. The summed E-state index contributed by atoms with van der Waals surface area (Å²) in [5.41, 5.74) is 7.66. The fraction of sp³-hybridized carbons (Fsp3) is 0.429. The van der Waals surface area contributed by atoms with Crippen LogP contribution < -0.4 is 21.7 Å². The number of rotatable bonds is 4. The summed E-state index contributed by atoms with van der Waals surface area (Å²) in [6.07, 6.45) is 2.93. The largest absolute Gasteiger partial charge is 0.481 e. The maximum atomic E-state index is 13.0. The van der Waals surface area contributed by atoms with Crippen LogP contribution in [0.15, 0.2) is 30.5 Å². The fourth-order valence-corrected chi connectivity index (χ4v) is 3.62. The van der Waals surface area contributed by atoms with Crippen molar-refractivity contribution in [3.63, 3.8) is 0 Å². The Hall–Kier alpha value is -3.40. The third-order valence-corrected chi connectivity index (χ3v) is 5.32. The van der Waals surface area contributed by atoms with E-state index in [0.717, 1.165) is 16.5 Å². The number of nitrogens with two attached hydrogens (primary N) is 1. The minimum Gasteiger partial charge on any atom is -0.481 e. The molecule has 0 aliphatic carbocycles. The number of H-pyrrole nitrogens is 1. The van der Waals surface area contributed by atoms with E-state index in [4.69, 9.17) is 10.8 Å². The van der Waals surface area contributed by atoms with E-state index in [1.807, 2.05) is 24.3 Å². The zero-order valence-corrected chi connectivity index (χ0v) is 17.0. The number of carboxylic acids is 1. The molecule has 2 aromatic rings. The average molecular weight is 429 g/mol. The van der Waals surface area contributed by atoms with E-state index < -0.39 is 48.2 Å². The lowest BCUT2D eigenvalue weighted by molar-refractivity contribution is -0.141. The highest BCUT2D eigenvalue weighted by Crippen LogP contribution is 2.19. The third-order valence-electron chi connectivity index (χ3n) is 5.32. The molecule has 3 atom stereocenters. The van der Waals surface area contributed by atoms with Gasteiger partial charge in [0.25, 0.3) is 0 Å². The lowest BCUT2D eigenvalue weighted by Crippen LogP contribution is -2.56. The normalized spacial score (nSPS) is 23.6. The Balaban J connectivity index is 1.87. The van der Waals surface area contributed by atoms with Crippen LogP contribution in [0.4, 0.5) is 0 Å². The predicted octanol–water partition coefficient (Wildman–Crippen LogP) is -0.218. The van der Waals surface area contributed by atoms with Crippen LogP contribution in [0.25, 0.3) is 10.9 Å². The van der Waals surface area contributed by atoms with Crippen LogP contribution in [-0.2, 0) is 25.6 Å². The number of amides is 3. The Kier molecular flexibility index (Phi) is 7.24. The van der Waals surface area contributed by atoms with Crippen molar-refractivity contribution in [3.05, 3.63) is 36.0 Å². The van der Waals surface area contributed by atoms with Crippen LogP contribution in [0.5, 0.6) is 0 Å². The Bertz CT molecular complexity index is 972. The lowest BCUT2D eigenvalue weighted by atomic mass is 10.0. The number of carboxylic acid groups (broad SMARTS) is 1. The number of aliphatic carboxylic acids is 1. The first-order valence-electron chi connectivity index (χ1n) is 10.3. The van der Waals surface area contributed by atoms with E-state index in [-0.39, 0.29) is 6.42 Å². The van der Waals surface area contributed by atoms with Gasteiger partial charge in [-0.1, -0.05) is 18.2 Å². The molecule has 166 valence electrons. The molecule has 1 aromatic carbocycles. The van der Waals surface area contributed by atoms with Crippen LogP contribution in [0.2, 0.25) is 0 Å². The highest BCUT2D eigenvalue weighted by molar-refractivity contribution is 5.95. The summed E-state index contributed by atoms with van der Waals surface area (Å²) in [6, 6.07) is 4.47. The molecule has 31 heavy (non-hydrogen) atoms. The summed E-state index contributed by atoms with van der Waals surface area (Å²) in [5.74, 6) is -2.90. The zero-order chi connectivity index (χ0) is 22.4. The van der Waals surface area contributed by atoms with Gasteiger partial charge in [0, 0.05) is 30.1 Å². The second kappa shape index (κ2) is 10.1. The number of aromatic nitrogens is 1. The first-order chi connectivity index (χ1) is 14.8. The Morgan fingerprint density at radius 3 is 2.55 bits per heavy atom. The summed E-state index contributed by atoms with van der Waals surface area (Å²) in [4.78, 5) is 52.4. The molecule has 1 aromatic heterocycles. The molecule has 1 aliphatic rings. The van der Waals surface area contributed by atoms with Gasteiger partial charge in [0.1, 0.15) is 12.1 Å². The van der Waals surface area contributed by atoms with E-state index in [0.29, 0.717) is 25.8 Å². The van der Waals surface area contributed by atoms with E-state index in [2.05, 4.69) is 20.9 Å². The number of carbonyl (C=O) groups is 4. The summed E-state index contributed by atoms with van der Waals surface area (Å²) in [6.45, 7) is 0.304. The summed E-state index contributed by atoms with van der Waals surface area (Å²) >= 11 is 0. The maximum absolute atomic E-state index is 13.0. The van der Waals surface area contributed by atoms with Crippen molar-refractivity contribution in [1.82, 2.24) is 20.9 Å². The molecule has 10 nitrogen and oxygen atoms in total. The van der Waals surface area contributed by atoms with Crippen LogP contribution >= 0.6 is 0 Å². The Morgan fingerprint density at radius 2 is 1.77 bits per heavy atom. The SMILES string of the molecule is N[C@@H]1CCCCNC(=O)[C@H](CC(=O)O)NC(=O)[C@@H](Cc2c[nH]c3ccccc23)NC1=O. The van der Waals surface area contributed by atoms with E-state index in [9.17, 15) is 19.2 Å². The van der Waals surface area contributed by atoms with Gasteiger partial charge in [-0.3, -0.25) is 19.2 Å². The lowest BCUT2D eigenvalue weighted by Gasteiger charge is -2.23. The first-order valence-corrected chi connectivity index (χ1v) is 10.3. The minimum absolute atomic E-state index is 0.149. The summed E-state index contributed by atoms with van der Waals surface area (Å²) < 4.78 is 0. The van der Waals surface area contributed by atoms with Gasteiger partial charge in [-0.15, -0.1) is 0 Å². The summed E-state index contributed by atoms with van der Waals surface area (Å²) in [7, 11) is 0. The zero-order valence-electron chi connectivity index (χ0n) is 17.0. The maximum Gasteiger partial charge on any atom is 0.305 e. The number of carbonyl (C=O) groups excluding carboxylic acids is 3. The average Bonchev–Trinajstić information content (AvgIpc) is 3.14. The second-order valence-electron chi connectivity index (χ2n) is 7.68. The van der Waals surface area contributed by atoms with E-state index in [1.165, 1.54) is 0 Å². The quantitative estimate of drug-likeness (QED) is 0.393. The molecule has 0 unspecified atom stereocenters. The Morgan fingerprint density at radius 1 is 1.03 bits per heavy atom. The Labute approximate surface area is 178 Å². The van der Waals surface area contributed by atoms with Crippen molar-refractivity contribution in [2.45, 2.75) is 50.2 Å². The van der Waals surface area contributed by atoms with Crippen LogP contribution in [0.1, 0.15) is 31.2 Å². The number of nitrogens with one attached hydrogen (secondary N) is 4. The van der Waals surface area contributed by atoms with Gasteiger partial charge in [0.15, 0.2) is 0 Å². The molecule has 1 fully saturated rings.